The largest absolute Gasteiger partial charge is 0.345 e. The van der Waals surface area contributed by atoms with E-state index in [-0.39, 0.29) is 11.9 Å². The summed E-state index contributed by atoms with van der Waals surface area (Å²) in [7, 11) is 0. The van der Waals surface area contributed by atoms with Crippen molar-refractivity contribution in [3.05, 3.63) is 70.8 Å². The van der Waals surface area contributed by atoms with Crippen LogP contribution in [0.2, 0.25) is 0 Å². The topological polar surface area (TPSA) is 29.1 Å². The van der Waals surface area contributed by atoms with Crippen LogP contribution in [0.5, 0.6) is 0 Å². The molecule has 0 heterocycles. The fourth-order valence-corrected chi connectivity index (χ4v) is 3.22. The summed E-state index contributed by atoms with van der Waals surface area (Å²) in [5.41, 5.74) is 4.90. The van der Waals surface area contributed by atoms with Crippen molar-refractivity contribution in [2.24, 2.45) is 0 Å². The lowest BCUT2D eigenvalue weighted by atomic mass is 9.88. The lowest BCUT2D eigenvalue weighted by molar-refractivity contribution is 0.0935. The summed E-state index contributed by atoms with van der Waals surface area (Å²) in [4.78, 5) is 12.4. The Morgan fingerprint density at radius 2 is 1.77 bits per heavy atom. The van der Waals surface area contributed by atoms with Crippen molar-refractivity contribution in [2.75, 3.05) is 0 Å². The average Bonchev–Trinajstić information content (AvgIpc) is 2.59. The maximum Gasteiger partial charge on any atom is 0.251 e. The molecular formula is C20H23NO. The van der Waals surface area contributed by atoms with Gasteiger partial charge in [-0.1, -0.05) is 43.3 Å². The number of nitrogens with one attached hydrogen (secondary N) is 1. The standard InChI is InChI=1S/C20H23NO/c1-2-19(21-20(22)16-9-4-3-5-10-16)18-13-12-15-8-6-7-11-17(15)14-18/h3-5,9-10,12-14,19H,2,6-8,11H2,1H3,(H,21,22). The average molecular weight is 293 g/mol. The molecule has 0 bridgehead atoms. The number of carbonyl (C=O) groups excluding carboxylic acids is 1. The van der Waals surface area contributed by atoms with Crippen LogP contribution in [0.25, 0.3) is 0 Å². The van der Waals surface area contributed by atoms with E-state index in [2.05, 4.69) is 30.4 Å². The highest BCUT2D eigenvalue weighted by atomic mass is 16.1. The van der Waals surface area contributed by atoms with Crippen LogP contribution in [0, 0.1) is 0 Å². The lowest BCUT2D eigenvalue weighted by Crippen LogP contribution is -2.28. The summed E-state index contributed by atoms with van der Waals surface area (Å²) >= 11 is 0. The third-order valence-corrected chi connectivity index (χ3v) is 4.52. The third kappa shape index (κ3) is 3.22. The second kappa shape index (κ2) is 6.78. The molecule has 1 amide bonds. The van der Waals surface area contributed by atoms with Crippen molar-refractivity contribution >= 4 is 5.91 Å². The normalized spacial score (nSPS) is 15.0. The van der Waals surface area contributed by atoms with Crippen LogP contribution in [0.4, 0.5) is 0 Å². The molecule has 0 aliphatic heterocycles. The van der Waals surface area contributed by atoms with Crippen LogP contribution in [0.15, 0.2) is 48.5 Å². The summed E-state index contributed by atoms with van der Waals surface area (Å²) < 4.78 is 0. The van der Waals surface area contributed by atoms with Crippen LogP contribution >= 0.6 is 0 Å². The summed E-state index contributed by atoms with van der Waals surface area (Å²) in [5.74, 6) is 0.00479. The zero-order chi connectivity index (χ0) is 15.4. The highest BCUT2D eigenvalue weighted by Crippen LogP contribution is 2.26. The van der Waals surface area contributed by atoms with Gasteiger partial charge in [0.1, 0.15) is 0 Å². The van der Waals surface area contributed by atoms with Gasteiger partial charge in [0.15, 0.2) is 0 Å². The number of aryl methyl sites for hydroxylation is 2. The molecule has 0 aromatic heterocycles. The van der Waals surface area contributed by atoms with Crippen molar-refractivity contribution in [3.63, 3.8) is 0 Å². The fourth-order valence-electron chi connectivity index (χ4n) is 3.22. The second-order valence-electron chi connectivity index (χ2n) is 6.04. The number of carbonyl (C=O) groups is 1. The van der Waals surface area contributed by atoms with E-state index in [0.717, 1.165) is 12.0 Å². The van der Waals surface area contributed by atoms with Crippen molar-refractivity contribution in [3.8, 4) is 0 Å². The number of hydrogen-bond acceptors (Lipinski definition) is 1. The molecule has 22 heavy (non-hydrogen) atoms. The van der Waals surface area contributed by atoms with Gasteiger partial charge in [0.05, 0.1) is 6.04 Å². The van der Waals surface area contributed by atoms with Crippen LogP contribution in [-0.2, 0) is 12.8 Å². The lowest BCUT2D eigenvalue weighted by Gasteiger charge is -2.21. The number of benzene rings is 2. The van der Waals surface area contributed by atoms with Gasteiger partial charge in [0, 0.05) is 5.56 Å². The molecule has 1 N–H and O–H groups in total. The molecule has 3 rings (SSSR count). The highest BCUT2D eigenvalue weighted by molar-refractivity contribution is 5.94. The quantitative estimate of drug-likeness (QED) is 0.886. The first-order valence-electron chi connectivity index (χ1n) is 8.25. The molecule has 0 radical (unpaired) electrons. The van der Waals surface area contributed by atoms with E-state index in [1.165, 1.54) is 42.4 Å². The van der Waals surface area contributed by atoms with Crippen LogP contribution < -0.4 is 5.32 Å². The van der Waals surface area contributed by atoms with E-state index in [1.807, 2.05) is 30.3 Å². The fraction of sp³-hybridized carbons (Fsp3) is 0.350. The number of fused-ring (bicyclic) bond motifs is 1. The van der Waals surface area contributed by atoms with Crippen LogP contribution in [0.1, 0.15) is 59.3 Å². The first kappa shape index (κ1) is 14.8. The molecule has 1 unspecified atom stereocenters. The molecule has 0 fully saturated rings. The molecule has 1 atom stereocenters. The van der Waals surface area contributed by atoms with Gasteiger partial charge >= 0.3 is 0 Å². The molecule has 0 spiro atoms. The Labute approximate surface area is 132 Å². The Morgan fingerprint density at radius 1 is 1.05 bits per heavy atom. The predicted octanol–water partition coefficient (Wildman–Crippen LogP) is 4.45. The van der Waals surface area contributed by atoms with E-state index < -0.39 is 0 Å². The molecule has 0 saturated carbocycles. The zero-order valence-corrected chi connectivity index (χ0v) is 13.1. The van der Waals surface area contributed by atoms with E-state index in [9.17, 15) is 4.79 Å². The SMILES string of the molecule is CCC(NC(=O)c1ccccc1)c1ccc2c(c1)CCCC2. The predicted molar refractivity (Wildman–Crippen MR) is 90.0 cm³/mol. The summed E-state index contributed by atoms with van der Waals surface area (Å²) in [6, 6.07) is 16.3. The van der Waals surface area contributed by atoms with Gasteiger partial charge in [-0.2, -0.15) is 0 Å². The van der Waals surface area contributed by atoms with Crippen molar-refractivity contribution in [1.29, 1.82) is 0 Å². The van der Waals surface area contributed by atoms with Gasteiger partial charge in [0.2, 0.25) is 0 Å². The Hall–Kier alpha value is -2.09. The highest BCUT2D eigenvalue weighted by Gasteiger charge is 2.16. The summed E-state index contributed by atoms with van der Waals surface area (Å²) in [6.45, 7) is 2.12. The summed E-state index contributed by atoms with van der Waals surface area (Å²) in [6.07, 6.45) is 5.85. The van der Waals surface area contributed by atoms with Gasteiger partial charge in [-0.3, -0.25) is 4.79 Å². The molecule has 2 aromatic rings. The maximum absolute atomic E-state index is 12.4. The minimum Gasteiger partial charge on any atom is -0.345 e. The Balaban J connectivity index is 1.78. The third-order valence-electron chi connectivity index (χ3n) is 4.52. The van der Waals surface area contributed by atoms with Gasteiger partial charge in [-0.15, -0.1) is 0 Å². The van der Waals surface area contributed by atoms with Crippen LogP contribution in [-0.4, -0.2) is 5.91 Å². The van der Waals surface area contributed by atoms with Gasteiger partial charge < -0.3 is 5.32 Å². The van der Waals surface area contributed by atoms with E-state index in [0.29, 0.717) is 0 Å². The molecular weight excluding hydrogens is 270 g/mol. The first-order valence-corrected chi connectivity index (χ1v) is 8.25. The Kier molecular flexibility index (Phi) is 4.57. The molecule has 2 aromatic carbocycles. The van der Waals surface area contributed by atoms with E-state index in [4.69, 9.17) is 0 Å². The van der Waals surface area contributed by atoms with Crippen LogP contribution in [0.3, 0.4) is 0 Å². The minimum absolute atomic E-state index is 0.00479. The monoisotopic (exact) mass is 293 g/mol. The van der Waals surface area contributed by atoms with E-state index in [1.54, 1.807) is 0 Å². The zero-order valence-electron chi connectivity index (χ0n) is 13.1. The molecule has 1 aliphatic rings. The second-order valence-corrected chi connectivity index (χ2v) is 6.04. The number of amides is 1. The first-order chi connectivity index (χ1) is 10.8. The Bertz CT molecular complexity index is 648. The number of hydrogen-bond donors (Lipinski definition) is 1. The van der Waals surface area contributed by atoms with Gasteiger partial charge in [-0.25, -0.2) is 0 Å². The molecule has 2 nitrogen and oxygen atoms in total. The van der Waals surface area contributed by atoms with Crippen molar-refractivity contribution < 1.29 is 4.79 Å². The maximum atomic E-state index is 12.4. The smallest absolute Gasteiger partial charge is 0.251 e. The molecule has 0 saturated heterocycles. The molecule has 114 valence electrons. The van der Waals surface area contributed by atoms with Gasteiger partial charge in [0.25, 0.3) is 5.91 Å². The van der Waals surface area contributed by atoms with Crippen molar-refractivity contribution in [2.45, 2.75) is 45.1 Å². The van der Waals surface area contributed by atoms with E-state index >= 15 is 0 Å². The molecule has 2 heteroatoms. The number of rotatable bonds is 4. The van der Waals surface area contributed by atoms with Gasteiger partial charge in [-0.05, 0) is 60.9 Å². The minimum atomic E-state index is 0.00479. The Morgan fingerprint density at radius 3 is 2.50 bits per heavy atom. The summed E-state index contributed by atoms with van der Waals surface area (Å²) in [5, 5.41) is 3.17. The molecule has 1 aliphatic carbocycles. The van der Waals surface area contributed by atoms with Crippen molar-refractivity contribution in [1.82, 2.24) is 5.32 Å².